The first-order valence-corrected chi connectivity index (χ1v) is 12.9. The number of fused-ring (bicyclic) bond motifs is 2. The zero-order valence-corrected chi connectivity index (χ0v) is 19.3. The molecule has 0 radical (unpaired) electrons. The van der Waals surface area contributed by atoms with Crippen LogP contribution in [0.15, 0.2) is 0 Å². The van der Waals surface area contributed by atoms with Gasteiger partial charge in [0.1, 0.15) is 0 Å². The fourth-order valence-electron chi connectivity index (χ4n) is 10.6. The molecule has 5 saturated carbocycles. The maximum absolute atomic E-state index is 10.5. The third-order valence-electron chi connectivity index (χ3n) is 11.8. The summed E-state index contributed by atoms with van der Waals surface area (Å²) in [5.41, 5.74) is 1.84. The molecule has 1 unspecified atom stereocenters. The summed E-state index contributed by atoms with van der Waals surface area (Å²) in [4.78, 5) is 0. The molecule has 160 valence electrons. The summed E-state index contributed by atoms with van der Waals surface area (Å²) in [7, 11) is 0. The van der Waals surface area contributed by atoms with Crippen LogP contribution in [0.3, 0.4) is 0 Å². The molecule has 5 aliphatic carbocycles. The first-order valence-electron chi connectivity index (χ1n) is 12.9. The first-order chi connectivity index (χ1) is 13.2. The largest absolute Gasteiger partial charge is 0.393 e. The van der Waals surface area contributed by atoms with E-state index in [0.717, 1.165) is 54.3 Å². The molecule has 1 heteroatoms. The topological polar surface area (TPSA) is 20.2 Å². The predicted octanol–water partition coefficient (Wildman–Crippen LogP) is 7.08. The number of rotatable bonds is 5. The molecular weight excluding hydrogens is 340 g/mol. The van der Waals surface area contributed by atoms with E-state index in [1.807, 2.05) is 0 Å². The minimum Gasteiger partial charge on any atom is -0.393 e. The molecule has 0 bridgehead atoms. The molecule has 0 aromatic rings. The van der Waals surface area contributed by atoms with E-state index in [9.17, 15) is 5.11 Å². The van der Waals surface area contributed by atoms with Crippen LogP contribution in [0.1, 0.15) is 105 Å². The molecular formula is C27H46O. The number of hydrogen-bond donors (Lipinski definition) is 1. The van der Waals surface area contributed by atoms with E-state index < -0.39 is 0 Å². The molecule has 0 aromatic heterocycles. The van der Waals surface area contributed by atoms with Gasteiger partial charge in [0, 0.05) is 0 Å². The second kappa shape index (κ2) is 6.48. The number of aliphatic hydroxyl groups excluding tert-OH is 1. The van der Waals surface area contributed by atoms with Gasteiger partial charge in [-0.25, -0.2) is 0 Å². The normalized spacial score (nSPS) is 55.4. The van der Waals surface area contributed by atoms with Crippen molar-refractivity contribution in [2.45, 2.75) is 111 Å². The summed E-state index contributed by atoms with van der Waals surface area (Å²) < 4.78 is 0. The number of hydrogen-bond acceptors (Lipinski definition) is 1. The van der Waals surface area contributed by atoms with E-state index in [1.54, 1.807) is 0 Å². The average Bonchev–Trinajstić information content (AvgIpc) is 2.97. The van der Waals surface area contributed by atoms with E-state index in [0.29, 0.717) is 16.2 Å². The molecule has 0 aliphatic heterocycles. The molecule has 5 rings (SSSR count). The van der Waals surface area contributed by atoms with Crippen molar-refractivity contribution in [3.8, 4) is 0 Å². The van der Waals surface area contributed by atoms with Gasteiger partial charge in [0.25, 0.3) is 0 Å². The SMILES string of the molecule is CC(C)CCC[C@@H](C)[C@H]1CC[C@H]2[C@@H]3CC[C@@H]4C[C@@H](O)CC5[C@]4(C)[C@]53CC[C@]12C. The Morgan fingerprint density at radius 3 is 2.39 bits per heavy atom. The van der Waals surface area contributed by atoms with Gasteiger partial charge in [-0.3, -0.25) is 0 Å². The zero-order chi connectivity index (χ0) is 19.9. The molecule has 1 spiro atoms. The second-order valence-corrected chi connectivity index (χ2v) is 13.0. The fraction of sp³-hybridized carbons (Fsp3) is 1.00. The van der Waals surface area contributed by atoms with Crippen LogP contribution in [-0.4, -0.2) is 11.2 Å². The second-order valence-electron chi connectivity index (χ2n) is 13.0. The van der Waals surface area contributed by atoms with E-state index in [-0.39, 0.29) is 6.10 Å². The molecule has 28 heavy (non-hydrogen) atoms. The molecule has 0 saturated heterocycles. The molecule has 0 heterocycles. The third kappa shape index (κ3) is 2.41. The lowest BCUT2D eigenvalue weighted by Crippen LogP contribution is -2.48. The Morgan fingerprint density at radius 1 is 0.893 bits per heavy atom. The highest BCUT2D eigenvalue weighted by atomic mass is 16.3. The Balaban J connectivity index is 1.35. The minimum absolute atomic E-state index is 0.00631. The van der Waals surface area contributed by atoms with Gasteiger partial charge in [-0.1, -0.05) is 53.9 Å². The summed E-state index contributed by atoms with van der Waals surface area (Å²) in [5, 5.41) is 10.5. The van der Waals surface area contributed by atoms with Gasteiger partial charge < -0.3 is 5.11 Å². The van der Waals surface area contributed by atoms with E-state index in [1.165, 1.54) is 57.8 Å². The predicted molar refractivity (Wildman–Crippen MR) is 117 cm³/mol. The van der Waals surface area contributed by atoms with Gasteiger partial charge in [0.15, 0.2) is 0 Å². The summed E-state index contributed by atoms with van der Waals surface area (Å²) in [6.45, 7) is 12.7. The van der Waals surface area contributed by atoms with Crippen molar-refractivity contribution in [3.63, 3.8) is 0 Å². The Labute approximate surface area is 174 Å². The van der Waals surface area contributed by atoms with Crippen molar-refractivity contribution in [1.82, 2.24) is 0 Å². The monoisotopic (exact) mass is 386 g/mol. The first kappa shape index (κ1) is 19.9. The maximum Gasteiger partial charge on any atom is 0.0546 e. The van der Waals surface area contributed by atoms with Crippen LogP contribution in [0, 0.1) is 57.7 Å². The molecule has 5 fully saturated rings. The lowest BCUT2D eigenvalue weighted by Gasteiger charge is -2.54. The molecule has 1 nitrogen and oxygen atoms in total. The van der Waals surface area contributed by atoms with Crippen molar-refractivity contribution >= 4 is 0 Å². The van der Waals surface area contributed by atoms with Crippen LogP contribution in [-0.2, 0) is 0 Å². The quantitative estimate of drug-likeness (QED) is 0.535. The van der Waals surface area contributed by atoms with E-state index in [2.05, 4.69) is 34.6 Å². The third-order valence-corrected chi connectivity index (χ3v) is 11.8. The van der Waals surface area contributed by atoms with E-state index in [4.69, 9.17) is 0 Å². The van der Waals surface area contributed by atoms with Crippen LogP contribution in [0.4, 0.5) is 0 Å². The molecule has 5 aliphatic rings. The van der Waals surface area contributed by atoms with Gasteiger partial charge >= 0.3 is 0 Å². The molecule has 1 N–H and O–H groups in total. The van der Waals surface area contributed by atoms with Crippen molar-refractivity contribution in [3.05, 3.63) is 0 Å². The van der Waals surface area contributed by atoms with Crippen LogP contribution in [0.25, 0.3) is 0 Å². The van der Waals surface area contributed by atoms with Crippen molar-refractivity contribution < 1.29 is 5.11 Å². The van der Waals surface area contributed by atoms with Crippen LogP contribution in [0.5, 0.6) is 0 Å². The van der Waals surface area contributed by atoms with Crippen LogP contribution < -0.4 is 0 Å². The van der Waals surface area contributed by atoms with Crippen molar-refractivity contribution in [2.75, 3.05) is 0 Å². The number of aliphatic hydroxyl groups is 1. The smallest absolute Gasteiger partial charge is 0.0546 e. The van der Waals surface area contributed by atoms with Crippen molar-refractivity contribution in [2.24, 2.45) is 57.7 Å². The Morgan fingerprint density at radius 2 is 1.64 bits per heavy atom. The minimum atomic E-state index is 0.00631. The Kier molecular flexibility index (Phi) is 4.60. The van der Waals surface area contributed by atoms with E-state index >= 15 is 0 Å². The van der Waals surface area contributed by atoms with Gasteiger partial charge in [-0.05, 0) is 109 Å². The highest BCUT2D eigenvalue weighted by Gasteiger charge is 2.82. The zero-order valence-electron chi connectivity index (χ0n) is 19.3. The average molecular weight is 387 g/mol. The van der Waals surface area contributed by atoms with Crippen molar-refractivity contribution in [1.29, 1.82) is 0 Å². The Hall–Kier alpha value is -0.0400. The molecule has 0 amide bonds. The van der Waals surface area contributed by atoms with Crippen LogP contribution >= 0.6 is 0 Å². The summed E-state index contributed by atoms with van der Waals surface area (Å²) in [6.07, 6.45) is 15.4. The fourth-order valence-corrected chi connectivity index (χ4v) is 10.6. The summed E-state index contributed by atoms with van der Waals surface area (Å²) in [6, 6.07) is 0. The standard InChI is InChI=1S/C27H46O/c1-17(2)7-6-8-18(3)21-11-12-22-23-10-9-19-15-20(28)16-24-26(19,5)27(23,24)14-13-25(21,22)4/h17-24,28H,6-16H2,1-5H3/t18-,19-,20-,21-,22+,23+,24?,25-,26-,27+/m1/s1. The van der Waals surface area contributed by atoms with Gasteiger partial charge in [-0.15, -0.1) is 0 Å². The molecule has 0 aromatic carbocycles. The maximum atomic E-state index is 10.5. The van der Waals surface area contributed by atoms with Gasteiger partial charge in [0.05, 0.1) is 6.10 Å². The lowest BCUT2D eigenvalue weighted by molar-refractivity contribution is -0.0619. The highest BCUT2D eigenvalue weighted by molar-refractivity contribution is 5.30. The highest BCUT2D eigenvalue weighted by Crippen LogP contribution is 2.88. The summed E-state index contributed by atoms with van der Waals surface area (Å²) >= 11 is 0. The Bertz CT molecular complexity index is 611. The summed E-state index contributed by atoms with van der Waals surface area (Å²) in [5.74, 6) is 6.40. The van der Waals surface area contributed by atoms with Gasteiger partial charge in [0.2, 0.25) is 0 Å². The van der Waals surface area contributed by atoms with Gasteiger partial charge in [-0.2, -0.15) is 0 Å². The lowest BCUT2D eigenvalue weighted by atomic mass is 9.50. The molecule has 10 atom stereocenters. The van der Waals surface area contributed by atoms with Crippen LogP contribution in [0.2, 0.25) is 0 Å².